The summed E-state index contributed by atoms with van der Waals surface area (Å²) in [6.45, 7) is 7.45. The average molecular weight is 236 g/mol. The van der Waals surface area contributed by atoms with Crippen molar-refractivity contribution in [3.05, 3.63) is 23.0 Å². The van der Waals surface area contributed by atoms with E-state index in [2.05, 4.69) is 24.1 Å². The van der Waals surface area contributed by atoms with Crippen LogP contribution in [-0.4, -0.2) is 25.7 Å². The van der Waals surface area contributed by atoms with Crippen LogP contribution in [0.3, 0.4) is 0 Å². The fourth-order valence-electron chi connectivity index (χ4n) is 2.16. The molecule has 1 aromatic rings. The van der Waals surface area contributed by atoms with Gasteiger partial charge in [-0.05, 0) is 46.2 Å². The lowest BCUT2D eigenvalue weighted by molar-refractivity contribution is 0.406. The van der Waals surface area contributed by atoms with Crippen molar-refractivity contribution in [2.24, 2.45) is 5.92 Å². The van der Waals surface area contributed by atoms with Crippen LogP contribution in [0.2, 0.25) is 0 Å². The van der Waals surface area contributed by atoms with Crippen molar-refractivity contribution in [2.75, 3.05) is 20.7 Å². The van der Waals surface area contributed by atoms with Crippen LogP contribution in [0.25, 0.3) is 0 Å². The fraction of sp³-hybridized carbons (Fsp3) is 0.643. The predicted molar refractivity (Wildman–Crippen MR) is 71.7 cm³/mol. The number of pyridine rings is 1. The molecule has 1 N–H and O–H groups in total. The first-order chi connectivity index (χ1) is 8.10. The van der Waals surface area contributed by atoms with E-state index in [1.807, 2.05) is 20.2 Å². The Morgan fingerprint density at radius 2 is 2.12 bits per heavy atom. The number of rotatable bonds is 6. The van der Waals surface area contributed by atoms with Crippen LogP contribution < -0.4 is 10.1 Å². The summed E-state index contributed by atoms with van der Waals surface area (Å²) in [6.07, 6.45) is 4.08. The third-order valence-electron chi connectivity index (χ3n) is 3.18. The Morgan fingerprint density at radius 1 is 1.41 bits per heavy atom. The zero-order chi connectivity index (χ0) is 12.8. The molecule has 0 bridgehead atoms. The van der Waals surface area contributed by atoms with E-state index >= 15 is 0 Å². The monoisotopic (exact) mass is 236 g/mol. The van der Waals surface area contributed by atoms with Crippen LogP contribution >= 0.6 is 0 Å². The molecule has 3 nitrogen and oxygen atoms in total. The molecule has 1 heterocycles. The summed E-state index contributed by atoms with van der Waals surface area (Å²) in [5.74, 6) is 1.66. The van der Waals surface area contributed by atoms with Gasteiger partial charge in [0.25, 0.3) is 0 Å². The number of hydrogen-bond donors (Lipinski definition) is 1. The number of ether oxygens (including phenoxy) is 1. The molecule has 17 heavy (non-hydrogen) atoms. The lowest BCUT2D eigenvalue weighted by Crippen LogP contribution is -2.17. The average Bonchev–Trinajstić information content (AvgIpc) is 2.29. The number of aromatic nitrogens is 1. The van der Waals surface area contributed by atoms with Gasteiger partial charge in [0.1, 0.15) is 5.75 Å². The van der Waals surface area contributed by atoms with Crippen LogP contribution in [0.5, 0.6) is 5.75 Å². The first-order valence-electron chi connectivity index (χ1n) is 6.23. The van der Waals surface area contributed by atoms with Crippen molar-refractivity contribution in [3.8, 4) is 5.75 Å². The molecule has 1 unspecified atom stereocenters. The molecule has 0 aliphatic carbocycles. The lowest BCUT2D eigenvalue weighted by atomic mass is 10.0. The number of nitrogens with zero attached hydrogens (tertiary/aromatic N) is 1. The molecule has 0 saturated heterocycles. The van der Waals surface area contributed by atoms with E-state index < -0.39 is 0 Å². The highest BCUT2D eigenvalue weighted by Crippen LogP contribution is 2.25. The first-order valence-corrected chi connectivity index (χ1v) is 6.23. The van der Waals surface area contributed by atoms with Gasteiger partial charge in [-0.1, -0.05) is 6.92 Å². The smallest absolute Gasteiger partial charge is 0.128 e. The van der Waals surface area contributed by atoms with Crippen molar-refractivity contribution < 1.29 is 4.74 Å². The summed E-state index contributed by atoms with van der Waals surface area (Å²) >= 11 is 0. The summed E-state index contributed by atoms with van der Waals surface area (Å²) in [5.41, 5.74) is 3.46. The van der Waals surface area contributed by atoms with E-state index in [0.717, 1.165) is 36.4 Å². The molecule has 1 atom stereocenters. The Bertz CT molecular complexity index is 363. The summed E-state index contributed by atoms with van der Waals surface area (Å²) in [7, 11) is 3.72. The van der Waals surface area contributed by atoms with E-state index in [1.54, 1.807) is 7.11 Å². The van der Waals surface area contributed by atoms with Gasteiger partial charge in [-0.2, -0.15) is 0 Å². The van der Waals surface area contributed by atoms with Crippen molar-refractivity contribution >= 4 is 0 Å². The minimum Gasteiger partial charge on any atom is -0.496 e. The first kappa shape index (κ1) is 14.0. The molecule has 0 radical (unpaired) electrons. The number of nitrogens with one attached hydrogen (secondary N) is 1. The Balaban J connectivity index is 2.72. The minimum atomic E-state index is 0.675. The van der Waals surface area contributed by atoms with Gasteiger partial charge in [0.15, 0.2) is 0 Å². The van der Waals surface area contributed by atoms with Crippen molar-refractivity contribution in [1.29, 1.82) is 0 Å². The molecule has 0 saturated carbocycles. The number of aryl methyl sites for hydroxylation is 2. The number of methoxy groups -OCH3 is 1. The molecule has 3 heteroatoms. The van der Waals surface area contributed by atoms with Crippen LogP contribution in [-0.2, 0) is 6.42 Å². The maximum Gasteiger partial charge on any atom is 0.128 e. The molecular weight excluding hydrogens is 212 g/mol. The van der Waals surface area contributed by atoms with Gasteiger partial charge in [0.05, 0.1) is 7.11 Å². The van der Waals surface area contributed by atoms with E-state index in [1.165, 1.54) is 5.56 Å². The van der Waals surface area contributed by atoms with Crippen LogP contribution in [0.1, 0.15) is 30.2 Å². The van der Waals surface area contributed by atoms with Gasteiger partial charge in [-0.3, -0.25) is 4.98 Å². The zero-order valence-electron chi connectivity index (χ0n) is 11.6. The third-order valence-corrected chi connectivity index (χ3v) is 3.18. The number of hydrogen-bond acceptors (Lipinski definition) is 3. The maximum atomic E-state index is 5.42. The molecule has 0 fully saturated rings. The molecule has 0 amide bonds. The maximum absolute atomic E-state index is 5.42. The molecule has 96 valence electrons. The second-order valence-electron chi connectivity index (χ2n) is 4.75. The molecule has 0 spiro atoms. The topological polar surface area (TPSA) is 34.2 Å². The molecule has 0 aliphatic rings. The quantitative estimate of drug-likeness (QED) is 0.824. The summed E-state index contributed by atoms with van der Waals surface area (Å²) in [6, 6.07) is 0. The standard InChI is InChI=1S/C14H24N2O/c1-10(8-15-4)6-7-13-12(3)14(17-5)11(2)9-16-13/h9-10,15H,6-8H2,1-5H3. The Labute approximate surface area is 105 Å². The highest BCUT2D eigenvalue weighted by atomic mass is 16.5. The van der Waals surface area contributed by atoms with E-state index in [4.69, 9.17) is 4.74 Å². The molecule has 0 aromatic carbocycles. The van der Waals surface area contributed by atoms with Crippen molar-refractivity contribution in [1.82, 2.24) is 10.3 Å². The predicted octanol–water partition coefficient (Wildman–Crippen LogP) is 2.50. The Morgan fingerprint density at radius 3 is 2.71 bits per heavy atom. The van der Waals surface area contributed by atoms with Gasteiger partial charge in [-0.15, -0.1) is 0 Å². The molecule has 1 rings (SSSR count). The van der Waals surface area contributed by atoms with Gasteiger partial charge in [0, 0.05) is 23.0 Å². The van der Waals surface area contributed by atoms with E-state index in [-0.39, 0.29) is 0 Å². The fourth-order valence-corrected chi connectivity index (χ4v) is 2.16. The Kier molecular flexibility index (Phi) is 5.42. The van der Waals surface area contributed by atoms with Gasteiger partial charge < -0.3 is 10.1 Å². The van der Waals surface area contributed by atoms with Gasteiger partial charge in [-0.25, -0.2) is 0 Å². The second-order valence-corrected chi connectivity index (χ2v) is 4.75. The van der Waals surface area contributed by atoms with E-state index in [0.29, 0.717) is 5.92 Å². The highest BCUT2D eigenvalue weighted by Gasteiger charge is 2.10. The molecule has 0 aliphatic heterocycles. The van der Waals surface area contributed by atoms with Crippen molar-refractivity contribution in [2.45, 2.75) is 33.6 Å². The summed E-state index contributed by atoms with van der Waals surface area (Å²) < 4.78 is 5.42. The van der Waals surface area contributed by atoms with Crippen LogP contribution in [0.4, 0.5) is 0 Å². The van der Waals surface area contributed by atoms with Gasteiger partial charge in [0.2, 0.25) is 0 Å². The minimum absolute atomic E-state index is 0.675. The summed E-state index contributed by atoms with van der Waals surface area (Å²) in [4.78, 5) is 4.52. The van der Waals surface area contributed by atoms with Crippen LogP contribution in [0, 0.1) is 19.8 Å². The second kappa shape index (κ2) is 6.60. The third kappa shape index (κ3) is 3.70. The zero-order valence-corrected chi connectivity index (χ0v) is 11.6. The molecule has 1 aromatic heterocycles. The van der Waals surface area contributed by atoms with Crippen LogP contribution in [0.15, 0.2) is 6.20 Å². The Hall–Kier alpha value is -1.09. The summed E-state index contributed by atoms with van der Waals surface area (Å²) in [5, 5.41) is 3.20. The molecular formula is C14H24N2O. The lowest BCUT2D eigenvalue weighted by Gasteiger charge is -2.14. The van der Waals surface area contributed by atoms with Crippen molar-refractivity contribution in [3.63, 3.8) is 0 Å². The van der Waals surface area contributed by atoms with Gasteiger partial charge >= 0.3 is 0 Å². The van der Waals surface area contributed by atoms with E-state index in [9.17, 15) is 0 Å². The highest BCUT2D eigenvalue weighted by molar-refractivity contribution is 5.41. The SMILES string of the molecule is CNCC(C)CCc1ncc(C)c(OC)c1C. The largest absolute Gasteiger partial charge is 0.496 e. The normalized spacial score (nSPS) is 12.5.